The maximum atomic E-state index is 12.8. The molecule has 1 saturated heterocycles. The van der Waals surface area contributed by atoms with Crippen LogP contribution in [0.2, 0.25) is 0 Å². The zero-order valence-electron chi connectivity index (χ0n) is 17.7. The number of pyridine rings is 1. The molecule has 3 amide bonds. The lowest BCUT2D eigenvalue weighted by Gasteiger charge is -2.39. The molecule has 8 nitrogen and oxygen atoms in total. The minimum absolute atomic E-state index is 0.0170. The Morgan fingerprint density at radius 2 is 2.10 bits per heavy atom. The third-order valence-corrected chi connectivity index (χ3v) is 6.32. The number of oxime groups is 1. The van der Waals surface area contributed by atoms with Gasteiger partial charge in [-0.15, -0.1) is 0 Å². The average Bonchev–Trinajstić information content (AvgIpc) is 3.17. The van der Waals surface area contributed by atoms with Gasteiger partial charge >= 0.3 is 6.03 Å². The first-order valence-electron chi connectivity index (χ1n) is 11.0. The fourth-order valence-electron chi connectivity index (χ4n) is 4.67. The highest BCUT2D eigenvalue weighted by molar-refractivity contribution is 6.39. The number of nitrogens with one attached hydrogen (secondary N) is 1. The van der Waals surface area contributed by atoms with E-state index < -0.39 is 5.60 Å². The van der Waals surface area contributed by atoms with Crippen LogP contribution in [0.1, 0.15) is 57.1 Å². The Hall–Kier alpha value is -2.64. The smallest absolute Gasteiger partial charge is 0.317 e. The molecule has 1 aliphatic carbocycles. The van der Waals surface area contributed by atoms with Crippen LogP contribution in [0, 0.1) is 0 Å². The van der Waals surface area contributed by atoms with Crippen molar-refractivity contribution in [3.05, 3.63) is 30.1 Å². The highest BCUT2D eigenvalue weighted by Crippen LogP contribution is 2.34. The van der Waals surface area contributed by atoms with Crippen LogP contribution in [-0.2, 0) is 16.2 Å². The molecule has 1 unspecified atom stereocenters. The van der Waals surface area contributed by atoms with Gasteiger partial charge in [0.05, 0.1) is 18.8 Å². The van der Waals surface area contributed by atoms with Gasteiger partial charge in [-0.2, -0.15) is 0 Å². The number of carbonyl (C=O) groups excluding carboxylic acids is 2. The van der Waals surface area contributed by atoms with Crippen LogP contribution in [0.25, 0.3) is 0 Å². The Labute approximate surface area is 177 Å². The second-order valence-corrected chi connectivity index (χ2v) is 8.78. The van der Waals surface area contributed by atoms with Gasteiger partial charge in [-0.1, -0.05) is 30.5 Å². The summed E-state index contributed by atoms with van der Waals surface area (Å²) in [4.78, 5) is 39.1. The third-order valence-electron chi connectivity index (χ3n) is 6.32. The summed E-state index contributed by atoms with van der Waals surface area (Å²) in [7, 11) is 1.75. The summed E-state index contributed by atoms with van der Waals surface area (Å²) in [5.74, 6) is -0.152. The molecule has 1 spiro atoms. The zero-order valence-corrected chi connectivity index (χ0v) is 17.7. The molecular weight excluding hydrogens is 382 g/mol. The summed E-state index contributed by atoms with van der Waals surface area (Å²) in [6.45, 7) is 1.60. The molecule has 8 heteroatoms. The number of hydrogen-bond acceptors (Lipinski definition) is 5. The van der Waals surface area contributed by atoms with Gasteiger partial charge in [-0.3, -0.25) is 9.78 Å². The summed E-state index contributed by atoms with van der Waals surface area (Å²) < 4.78 is 0. The highest BCUT2D eigenvalue weighted by atomic mass is 16.7. The average molecular weight is 414 g/mol. The van der Waals surface area contributed by atoms with Crippen molar-refractivity contribution in [1.82, 2.24) is 20.1 Å². The van der Waals surface area contributed by atoms with Crippen molar-refractivity contribution in [3.63, 3.8) is 0 Å². The molecule has 30 heavy (non-hydrogen) atoms. The van der Waals surface area contributed by atoms with Crippen LogP contribution in [0.5, 0.6) is 0 Å². The molecule has 0 aromatic carbocycles. The SMILES string of the molecule is CN(Cc1ccccn1)C(=O)C1=NOC2(CCCN(C(=O)NC3CCCCC3)C2)C1. The Morgan fingerprint density at radius 3 is 2.87 bits per heavy atom. The van der Waals surface area contributed by atoms with Gasteiger partial charge in [0.15, 0.2) is 5.60 Å². The van der Waals surface area contributed by atoms with Crippen LogP contribution in [0.3, 0.4) is 0 Å². The lowest BCUT2D eigenvalue weighted by molar-refractivity contribution is -0.123. The Bertz CT molecular complexity index is 793. The second kappa shape index (κ2) is 9.02. The van der Waals surface area contributed by atoms with E-state index >= 15 is 0 Å². The quantitative estimate of drug-likeness (QED) is 0.822. The number of nitrogens with zero attached hydrogens (tertiary/aromatic N) is 4. The molecule has 1 atom stereocenters. The summed E-state index contributed by atoms with van der Waals surface area (Å²) >= 11 is 0. The predicted molar refractivity (Wildman–Crippen MR) is 113 cm³/mol. The fraction of sp³-hybridized carbons (Fsp3) is 0.636. The summed E-state index contributed by atoms with van der Waals surface area (Å²) in [5, 5.41) is 7.32. The Morgan fingerprint density at radius 1 is 1.27 bits per heavy atom. The van der Waals surface area contributed by atoms with E-state index in [2.05, 4.69) is 15.5 Å². The molecule has 2 fully saturated rings. The van der Waals surface area contributed by atoms with Crippen molar-refractivity contribution in [2.24, 2.45) is 5.16 Å². The largest absolute Gasteiger partial charge is 0.386 e. The fourth-order valence-corrected chi connectivity index (χ4v) is 4.67. The van der Waals surface area contributed by atoms with Gasteiger partial charge in [0.2, 0.25) is 0 Å². The number of amides is 3. The molecule has 3 heterocycles. The molecule has 4 rings (SSSR count). The van der Waals surface area contributed by atoms with E-state index in [1.54, 1.807) is 18.1 Å². The summed E-state index contributed by atoms with van der Waals surface area (Å²) in [6, 6.07) is 5.91. The standard InChI is InChI=1S/C22H31N5O3/c1-26(15-18-10-5-6-12-23-18)20(28)19-14-22(30-25-19)11-7-13-27(16-22)21(29)24-17-8-3-2-4-9-17/h5-6,10,12,17H,2-4,7-9,11,13-16H2,1H3,(H,24,29). The number of carbonyl (C=O) groups is 2. The molecule has 0 bridgehead atoms. The Balaban J connectivity index is 1.32. The maximum absolute atomic E-state index is 12.8. The van der Waals surface area contributed by atoms with Crippen molar-refractivity contribution < 1.29 is 14.4 Å². The molecule has 1 saturated carbocycles. The summed E-state index contributed by atoms with van der Waals surface area (Å²) in [6.07, 6.45) is 9.54. The van der Waals surface area contributed by atoms with Gasteiger partial charge in [-0.25, -0.2) is 4.79 Å². The van der Waals surface area contributed by atoms with Crippen LogP contribution in [-0.4, -0.2) is 64.2 Å². The van der Waals surface area contributed by atoms with E-state index in [1.807, 2.05) is 23.1 Å². The minimum atomic E-state index is -0.584. The zero-order chi connectivity index (χ0) is 21.0. The van der Waals surface area contributed by atoms with E-state index in [4.69, 9.17) is 4.84 Å². The molecule has 0 radical (unpaired) electrons. The molecule has 1 aromatic rings. The monoisotopic (exact) mass is 413 g/mol. The Kier molecular flexibility index (Phi) is 6.20. The first-order valence-corrected chi connectivity index (χ1v) is 11.0. The summed E-state index contributed by atoms with van der Waals surface area (Å²) in [5.41, 5.74) is 0.660. The van der Waals surface area contributed by atoms with Crippen LogP contribution in [0.15, 0.2) is 29.6 Å². The number of likely N-dealkylation sites (tertiary alicyclic amines) is 1. The van der Waals surface area contributed by atoms with Gasteiger partial charge in [-0.05, 0) is 37.8 Å². The van der Waals surface area contributed by atoms with E-state index in [1.165, 1.54) is 19.3 Å². The van der Waals surface area contributed by atoms with Crippen molar-refractivity contribution in [2.75, 3.05) is 20.1 Å². The lowest BCUT2D eigenvalue weighted by Crippen LogP contribution is -2.55. The maximum Gasteiger partial charge on any atom is 0.317 e. The van der Waals surface area contributed by atoms with Crippen molar-refractivity contribution >= 4 is 17.6 Å². The number of hydrogen-bond donors (Lipinski definition) is 1. The van der Waals surface area contributed by atoms with Gasteiger partial charge < -0.3 is 20.0 Å². The molecule has 162 valence electrons. The highest BCUT2D eigenvalue weighted by Gasteiger charge is 2.46. The number of aromatic nitrogens is 1. The van der Waals surface area contributed by atoms with Gasteiger partial charge in [0.1, 0.15) is 5.71 Å². The predicted octanol–water partition coefficient (Wildman–Crippen LogP) is 2.69. The number of piperidine rings is 1. The molecule has 2 aliphatic heterocycles. The number of urea groups is 1. The van der Waals surface area contributed by atoms with E-state index in [0.29, 0.717) is 31.8 Å². The van der Waals surface area contributed by atoms with Crippen LogP contribution in [0.4, 0.5) is 4.79 Å². The topological polar surface area (TPSA) is 87.1 Å². The normalized spacial score (nSPS) is 24.3. The van der Waals surface area contributed by atoms with Crippen molar-refractivity contribution in [3.8, 4) is 0 Å². The minimum Gasteiger partial charge on any atom is -0.386 e. The second-order valence-electron chi connectivity index (χ2n) is 8.78. The van der Waals surface area contributed by atoms with E-state index in [-0.39, 0.29) is 18.0 Å². The van der Waals surface area contributed by atoms with Crippen molar-refractivity contribution in [2.45, 2.75) is 69.6 Å². The van der Waals surface area contributed by atoms with E-state index in [9.17, 15) is 9.59 Å². The third kappa shape index (κ3) is 4.74. The van der Waals surface area contributed by atoms with Gasteiger partial charge in [0, 0.05) is 32.3 Å². The first kappa shape index (κ1) is 20.6. The molecule has 3 aliphatic rings. The van der Waals surface area contributed by atoms with Crippen LogP contribution >= 0.6 is 0 Å². The van der Waals surface area contributed by atoms with E-state index in [0.717, 1.165) is 31.4 Å². The van der Waals surface area contributed by atoms with Crippen molar-refractivity contribution in [1.29, 1.82) is 0 Å². The number of rotatable bonds is 4. The lowest BCUT2D eigenvalue weighted by atomic mass is 9.88. The van der Waals surface area contributed by atoms with Gasteiger partial charge in [0.25, 0.3) is 5.91 Å². The molecule has 1 aromatic heterocycles. The molecular formula is C22H31N5O3. The first-order chi connectivity index (χ1) is 14.5. The molecule has 1 N–H and O–H groups in total. The van der Waals surface area contributed by atoms with Crippen LogP contribution < -0.4 is 5.32 Å².